The molecule has 0 saturated heterocycles. The first-order valence-corrected chi connectivity index (χ1v) is 6.02. The molecule has 0 spiro atoms. The molecule has 17 heavy (non-hydrogen) atoms. The van der Waals surface area contributed by atoms with Crippen LogP contribution in [0.2, 0.25) is 0 Å². The van der Waals surface area contributed by atoms with Crippen LogP contribution in [0.25, 0.3) is 0 Å². The lowest BCUT2D eigenvalue weighted by Crippen LogP contribution is -2.08. The molecular weight excluding hydrogens is 216 g/mol. The van der Waals surface area contributed by atoms with E-state index in [1.807, 2.05) is 12.1 Å². The molecule has 0 amide bonds. The number of esters is 1. The fourth-order valence-electron chi connectivity index (χ4n) is 1.44. The van der Waals surface area contributed by atoms with Crippen LogP contribution < -0.4 is 0 Å². The van der Waals surface area contributed by atoms with Crippen molar-refractivity contribution in [2.45, 2.75) is 33.1 Å². The summed E-state index contributed by atoms with van der Waals surface area (Å²) in [6.07, 6.45) is 1.73. The predicted octanol–water partition coefficient (Wildman–Crippen LogP) is 2.91. The van der Waals surface area contributed by atoms with Gasteiger partial charge in [-0.05, 0) is 30.4 Å². The van der Waals surface area contributed by atoms with Crippen LogP contribution in [-0.2, 0) is 16.0 Å². The van der Waals surface area contributed by atoms with E-state index in [0.717, 1.165) is 12.0 Å². The molecule has 0 aliphatic rings. The molecule has 1 aromatic carbocycles. The molecule has 0 unspecified atom stereocenters. The van der Waals surface area contributed by atoms with Crippen molar-refractivity contribution in [3.8, 4) is 5.75 Å². The Morgan fingerprint density at radius 2 is 2.06 bits per heavy atom. The summed E-state index contributed by atoms with van der Waals surface area (Å²) >= 11 is 0. The monoisotopic (exact) mass is 236 g/mol. The molecule has 1 rings (SSSR count). The van der Waals surface area contributed by atoms with Crippen molar-refractivity contribution in [1.29, 1.82) is 0 Å². The molecule has 1 aromatic rings. The zero-order valence-corrected chi connectivity index (χ0v) is 10.5. The van der Waals surface area contributed by atoms with E-state index in [-0.39, 0.29) is 11.7 Å². The second-order valence-electron chi connectivity index (χ2n) is 4.53. The summed E-state index contributed by atoms with van der Waals surface area (Å²) in [4.78, 5) is 11.4. The average Bonchev–Trinajstić information content (AvgIpc) is 2.27. The van der Waals surface area contributed by atoms with E-state index in [4.69, 9.17) is 4.74 Å². The third-order valence-electron chi connectivity index (χ3n) is 2.55. The zero-order chi connectivity index (χ0) is 12.7. The van der Waals surface area contributed by atoms with Crippen LogP contribution in [0.3, 0.4) is 0 Å². The summed E-state index contributed by atoms with van der Waals surface area (Å²) < 4.78 is 5.09. The summed E-state index contributed by atoms with van der Waals surface area (Å²) in [6.45, 7) is 4.67. The largest absolute Gasteiger partial charge is 0.508 e. The van der Waals surface area contributed by atoms with Crippen LogP contribution >= 0.6 is 0 Å². The lowest BCUT2D eigenvalue weighted by atomic mass is 10.1. The minimum atomic E-state index is -0.200. The fraction of sp³-hybridized carbons (Fsp3) is 0.500. The number of ether oxygens (including phenoxy) is 1. The number of aromatic hydroxyl groups is 1. The molecule has 0 aromatic heterocycles. The molecule has 0 fully saturated rings. The number of benzene rings is 1. The SMILES string of the molecule is CC(C)CCOC(=O)CCc1ccccc1O. The molecule has 3 heteroatoms. The normalized spacial score (nSPS) is 10.5. The first-order chi connectivity index (χ1) is 8.09. The minimum absolute atomic E-state index is 0.200. The van der Waals surface area contributed by atoms with Crippen LogP contribution in [-0.4, -0.2) is 17.7 Å². The molecule has 0 aliphatic heterocycles. The molecule has 1 N–H and O–H groups in total. The number of carbonyl (C=O) groups is 1. The molecule has 0 atom stereocenters. The third kappa shape index (κ3) is 5.38. The lowest BCUT2D eigenvalue weighted by molar-refractivity contribution is -0.143. The summed E-state index contributed by atoms with van der Waals surface area (Å²) in [7, 11) is 0. The number of hydrogen-bond donors (Lipinski definition) is 1. The second kappa shape index (κ2) is 6.94. The van der Waals surface area contributed by atoms with Gasteiger partial charge in [-0.2, -0.15) is 0 Å². The Labute approximate surface area is 102 Å². The van der Waals surface area contributed by atoms with Gasteiger partial charge in [0.2, 0.25) is 0 Å². The number of phenols is 1. The van der Waals surface area contributed by atoms with Crippen molar-refractivity contribution in [2.75, 3.05) is 6.61 Å². The maximum atomic E-state index is 11.4. The van der Waals surface area contributed by atoms with Crippen molar-refractivity contribution < 1.29 is 14.6 Å². The smallest absolute Gasteiger partial charge is 0.306 e. The van der Waals surface area contributed by atoms with E-state index < -0.39 is 0 Å². The van der Waals surface area contributed by atoms with Gasteiger partial charge in [0, 0.05) is 6.42 Å². The van der Waals surface area contributed by atoms with Gasteiger partial charge in [0.05, 0.1) is 6.61 Å². The van der Waals surface area contributed by atoms with Gasteiger partial charge in [0.25, 0.3) is 0 Å². The van der Waals surface area contributed by atoms with Crippen molar-refractivity contribution in [1.82, 2.24) is 0 Å². The predicted molar refractivity (Wildman–Crippen MR) is 66.8 cm³/mol. The topological polar surface area (TPSA) is 46.5 Å². The molecular formula is C14H20O3. The molecule has 0 bridgehead atoms. The Bertz CT molecular complexity index is 358. The van der Waals surface area contributed by atoms with E-state index in [9.17, 15) is 9.90 Å². The van der Waals surface area contributed by atoms with Gasteiger partial charge in [-0.15, -0.1) is 0 Å². The highest BCUT2D eigenvalue weighted by atomic mass is 16.5. The Balaban J connectivity index is 2.26. The van der Waals surface area contributed by atoms with Gasteiger partial charge in [-0.3, -0.25) is 4.79 Å². The zero-order valence-electron chi connectivity index (χ0n) is 10.5. The first-order valence-electron chi connectivity index (χ1n) is 6.02. The van der Waals surface area contributed by atoms with E-state index in [1.54, 1.807) is 12.1 Å². The van der Waals surface area contributed by atoms with E-state index in [2.05, 4.69) is 13.8 Å². The van der Waals surface area contributed by atoms with E-state index in [1.165, 1.54) is 0 Å². The van der Waals surface area contributed by atoms with Gasteiger partial charge < -0.3 is 9.84 Å². The second-order valence-corrected chi connectivity index (χ2v) is 4.53. The fourth-order valence-corrected chi connectivity index (χ4v) is 1.44. The van der Waals surface area contributed by atoms with Crippen LogP contribution in [0.5, 0.6) is 5.75 Å². The van der Waals surface area contributed by atoms with Crippen molar-refractivity contribution in [3.63, 3.8) is 0 Å². The quantitative estimate of drug-likeness (QED) is 0.772. The lowest BCUT2D eigenvalue weighted by Gasteiger charge is -2.07. The summed E-state index contributed by atoms with van der Waals surface area (Å²) in [5, 5.41) is 9.52. The number of phenolic OH excluding ortho intramolecular Hbond substituents is 1. The van der Waals surface area contributed by atoms with Gasteiger partial charge in [0.1, 0.15) is 5.75 Å². The maximum absolute atomic E-state index is 11.4. The summed E-state index contributed by atoms with van der Waals surface area (Å²) in [5.74, 6) is 0.581. The summed E-state index contributed by atoms with van der Waals surface area (Å²) in [6, 6.07) is 7.05. The Morgan fingerprint density at radius 3 is 2.71 bits per heavy atom. The third-order valence-corrected chi connectivity index (χ3v) is 2.55. The minimum Gasteiger partial charge on any atom is -0.508 e. The first kappa shape index (κ1) is 13.6. The highest BCUT2D eigenvalue weighted by molar-refractivity contribution is 5.69. The van der Waals surface area contributed by atoms with Crippen LogP contribution in [0.1, 0.15) is 32.3 Å². The number of rotatable bonds is 6. The van der Waals surface area contributed by atoms with Crippen LogP contribution in [0, 0.1) is 5.92 Å². The maximum Gasteiger partial charge on any atom is 0.306 e. The van der Waals surface area contributed by atoms with Gasteiger partial charge in [0.15, 0.2) is 0 Å². The Kier molecular flexibility index (Phi) is 5.53. The standard InChI is InChI=1S/C14H20O3/c1-11(2)9-10-17-14(16)8-7-12-5-3-4-6-13(12)15/h3-6,11,15H,7-10H2,1-2H3. The van der Waals surface area contributed by atoms with E-state index >= 15 is 0 Å². The molecule has 0 saturated carbocycles. The number of carbonyl (C=O) groups excluding carboxylic acids is 1. The van der Waals surface area contributed by atoms with Crippen molar-refractivity contribution >= 4 is 5.97 Å². The Hall–Kier alpha value is -1.51. The molecule has 0 radical (unpaired) electrons. The van der Waals surface area contributed by atoms with Gasteiger partial charge >= 0.3 is 5.97 Å². The van der Waals surface area contributed by atoms with Crippen molar-refractivity contribution in [2.24, 2.45) is 5.92 Å². The average molecular weight is 236 g/mol. The van der Waals surface area contributed by atoms with Crippen LogP contribution in [0.4, 0.5) is 0 Å². The van der Waals surface area contributed by atoms with Crippen molar-refractivity contribution in [3.05, 3.63) is 29.8 Å². The number of aryl methyl sites for hydroxylation is 1. The van der Waals surface area contributed by atoms with Gasteiger partial charge in [-0.1, -0.05) is 32.0 Å². The molecule has 0 aliphatic carbocycles. The number of para-hydroxylation sites is 1. The molecule has 0 heterocycles. The van der Waals surface area contributed by atoms with Crippen LogP contribution in [0.15, 0.2) is 24.3 Å². The summed E-state index contributed by atoms with van der Waals surface area (Å²) in [5.41, 5.74) is 0.785. The van der Waals surface area contributed by atoms with Gasteiger partial charge in [-0.25, -0.2) is 0 Å². The number of hydrogen-bond acceptors (Lipinski definition) is 3. The Morgan fingerprint density at radius 1 is 1.35 bits per heavy atom. The molecule has 3 nitrogen and oxygen atoms in total. The highest BCUT2D eigenvalue weighted by Crippen LogP contribution is 2.17. The highest BCUT2D eigenvalue weighted by Gasteiger charge is 2.06. The molecule has 94 valence electrons. The van der Waals surface area contributed by atoms with E-state index in [0.29, 0.717) is 25.4 Å².